The van der Waals surface area contributed by atoms with Crippen LogP contribution >= 0.6 is 0 Å². The molecule has 1 aromatic carbocycles. The lowest BCUT2D eigenvalue weighted by molar-refractivity contribution is -0.594. The van der Waals surface area contributed by atoms with E-state index in [0.29, 0.717) is 0 Å². The fourth-order valence-corrected chi connectivity index (χ4v) is 2.02. The Labute approximate surface area is 121 Å². The number of benzene rings is 1. The molecular weight excluding hydrogens is 281 g/mol. The number of Topliss-reactive ketones (excluding diaryl/α,β-unsaturated/α-hetero) is 1. The first-order chi connectivity index (χ1) is 9.83. The SMILES string of the molecule is CCOC(=O)[C@@](F)(C(CC(C)=O)c1ccccc1)[N+](=O)[O-]. The van der Waals surface area contributed by atoms with Gasteiger partial charge >= 0.3 is 11.8 Å². The quantitative estimate of drug-likeness (QED) is 0.333. The maximum absolute atomic E-state index is 14.9. The van der Waals surface area contributed by atoms with Crippen molar-refractivity contribution in [1.82, 2.24) is 0 Å². The third kappa shape index (κ3) is 3.62. The topological polar surface area (TPSA) is 86.5 Å². The number of alkyl halides is 1. The predicted molar refractivity (Wildman–Crippen MR) is 71.9 cm³/mol. The zero-order chi connectivity index (χ0) is 16.0. The Hall–Kier alpha value is -2.31. The highest BCUT2D eigenvalue weighted by Crippen LogP contribution is 2.36. The van der Waals surface area contributed by atoms with Gasteiger partial charge in [-0.15, -0.1) is 0 Å². The molecule has 0 heterocycles. The van der Waals surface area contributed by atoms with E-state index in [4.69, 9.17) is 0 Å². The summed E-state index contributed by atoms with van der Waals surface area (Å²) in [6.07, 6.45) is -0.472. The van der Waals surface area contributed by atoms with Gasteiger partial charge in [-0.3, -0.25) is 14.9 Å². The Morgan fingerprint density at radius 1 is 1.38 bits per heavy atom. The highest BCUT2D eigenvalue weighted by Gasteiger charge is 2.61. The molecule has 0 aromatic heterocycles. The molecule has 0 fully saturated rings. The molecule has 0 N–H and O–H groups in total. The van der Waals surface area contributed by atoms with Gasteiger partial charge in [0.15, 0.2) is 0 Å². The van der Waals surface area contributed by atoms with Crippen molar-refractivity contribution in [2.45, 2.75) is 32.0 Å². The summed E-state index contributed by atoms with van der Waals surface area (Å²) in [5, 5.41) is 11.2. The Morgan fingerprint density at radius 3 is 2.38 bits per heavy atom. The molecule has 7 heteroatoms. The number of hydrogen-bond acceptors (Lipinski definition) is 5. The molecule has 0 aliphatic carbocycles. The lowest BCUT2D eigenvalue weighted by Crippen LogP contribution is -2.49. The normalized spacial score (nSPS) is 14.8. The van der Waals surface area contributed by atoms with Gasteiger partial charge in [0.25, 0.3) is 0 Å². The summed E-state index contributed by atoms with van der Waals surface area (Å²) < 4.78 is 19.4. The lowest BCUT2D eigenvalue weighted by Gasteiger charge is -2.24. The highest BCUT2D eigenvalue weighted by molar-refractivity contribution is 5.82. The van der Waals surface area contributed by atoms with Crippen molar-refractivity contribution in [2.75, 3.05) is 6.61 Å². The van der Waals surface area contributed by atoms with E-state index in [9.17, 15) is 24.1 Å². The van der Waals surface area contributed by atoms with Gasteiger partial charge in [0, 0.05) is 6.42 Å². The first-order valence-corrected chi connectivity index (χ1v) is 6.39. The first kappa shape index (κ1) is 16.7. The molecule has 1 unspecified atom stereocenters. The van der Waals surface area contributed by atoms with Crippen LogP contribution in [0.25, 0.3) is 0 Å². The van der Waals surface area contributed by atoms with Crippen molar-refractivity contribution >= 4 is 11.8 Å². The number of rotatable bonds is 7. The number of nitro groups is 1. The summed E-state index contributed by atoms with van der Waals surface area (Å²) in [5.41, 5.74) is 0.194. The van der Waals surface area contributed by atoms with Crippen LogP contribution < -0.4 is 0 Å². The average molecular weight is 297 g/mol. The van der Waals surface area contributed by atoms with Crippen LogP contribution in [0.4, 0.5) is 4.39 Å². The standard InChI is InChI=1S/C14H16FNO5/c1-3-21-13(18)14(15,16(19)20)12(9-10(2)17)11-7-5-4-6-8-11/h4-8,12H,3,9H2,1-2H3/t12?,14-/m1/s1. The van der Waals surface area contributed by atoms with Crippen LogP contribution in [-0.4, -0.2) is 29.1 Å². The van der Waals surface area contributed by atoms with Crippen LogP contribution in [0.2, 0.25) is 0 Å². The Kier molecular flexibility index (Phi) is 5.52. The zero-order valence-corrected chi connectivity index (χ0v) is 11.7. The van der Waals surface area contributed by atoms with E-state index >= 15 is 0 Å². The minimum Gasteiger partial charge on any atom is -0.458 e. The summed E-state index contributed by atoms with van der Waals surface area (Å²) in [5.74, 6) is -7.09. The van der Waals surface area contributed by atoms with E-state index in [1.54, 1.807) is 18.2 Å². The van der Waals surface area contributed by atoms with Crippen LogP contribution in [0.3, 0.4) is 0 Å². The van der Waals surface area contributed by atoms with E-state index in [2.05, 4.69) is 4.74 Å². The number of carbonyl (C=O) groups is 2. The molecule has 0 bridgehead atoms. The van der Waals surface area contributed by atoms with Gasteiger partial charge in [0.1, 0.15) is 11.7 Å². The van der Waals surface area contributed by atoms with Crippen LogP contribution in [0, 0.1) is 10.1 Å². The molecule has 0 saturated carbocycles. The second kappa shape index (κ2) is 6.92. The maximum Gasteiger partial charge on any atom is 0.461 e. The minimum absolute atomic E-state index is 0.194. The van der Waals surface area contributed by atoms with Crippen LogP contribution in [0.5, 0.6) is 0 Å². The van der Waals surface area contributed by atoms with Crippen LogP contribution in [-0.2, 0) is 14.3 Å². The van der Waals surface area contributed by atoms with Crippen molar-refractivity contribution in [3.63, 3.8) is 0 Å². The van der Waals surface area contributed by atoms with E-state index in [1.165, 1.54) is 26.0 Å². The summed E-state index contributed by atoms with van der Waals surface area (Å²) in [7, 11) is 0. The van der Waals surface area contributed by atoms with Gasteiger partial charge in [0.2, 0.25) is 0 Å². The molecule has 0 amide bonds. The molecule has 0 radical (unpaired) electrons. The fourth-order valence-electron chi connectivity index (χ4n) is 2.02. The number of ether oxygens (including phenoxy) is 1. The van der Waals surface area contributed by atoms with Gasteiger partial charge in [-0.25, -0.2) is 4.79 Å². The second-order valence-electron chi connectivity index (χ2n) is 4.52. The fraction of sp³-hybridized carbons (Fsp3) is 0.429. The Morgan fingerprint density at radius 2 is 1.95 bits per heavy atom. The van der Waals surface area contributed by atoms with Crippen molar-refractivity contribution < 1.29 is 23.6 Å². The van der Waals surface area contributed by atoms with Gasteiger partial charge in [-0.1, -0.05) is 30.3 Å². The van der Waals surface area contributed by atoms with Crippen LogP contribution in [0.15, 0.2) is 30.3 Å². The monoisotopic (exact) mass is 297 g/mol. The molecule has 0 aliphatic heterocycles. The molecule has 0 saturated heterocycles. The summed E-state index contributed by atoms with van der Waals surface area (Å²) in [6.45, 7) is 2.40. The number of hydrogen-bond donors (Lipinski definition) is 0. The van der Waals surface area contributed by atoms with Crippen LogP contribution in [0.1, 0.15) is 31.7 Å². The number of ketones is 1. The Bertz CT molecular complexity index is 533. The number of nitrogens with zero attached hydrogens (tertiary/aromatic N) is 1. The lowest BCUT2D eigenvalue weighted by atomic mass is 9.85. The highest BCUT2D eigenvalue weighted by atomic mass is 19.1. The third-order valence-corrected chi connectivity index (χ3v) is 2.98. The molecule has 114 valence electrons. The maximum atomic E-state index is 14.9. The van der Waals surface area contributed by atoms with Crippen molar-refractivity contribution in [3.05, 3.63) is 46.0 Å². The van der Waals surface area contributed by atoms with Crippen molar-refractivity contribution in [1.29, 1.82) is 0 Å². The molecule has 2 atom stereocenters. The summed E-state index contributed by atoms with van der Waals surface area (Å²) >= 11 is 0. The number of carbonyl (C=O) groups excluding carboxylic acids is 2. The van der Waals surface area contributed by atoms with E-state index < -0.39 is 34.8 Å². The minimum atomic E-state index is -3.50. The molecule has 1 rings (SSSR count). The molecule has 21 heavy (non-hydrogen) atoms. The molecular formula is C14H16FNO5. The van der Waals surface area contributed by atoms with E-state index in [1.807, 2.05) is 0 Å². The first-order valence-electron chi connectivity index (χ1n) is 6.39. The zero-order valence-electron chi connectivity index (χ0n) is 11.7. The number of halogens is 1. The van der Waals surface area contributed by atoms with Gasteiger partial charge in [0.05, 0.1) is 11.5 Å². The molecule has 0 aliphatic rings. The van der Waals surface area contributed by atoms with Crippen molar-refractivity contribution in [2.24, 2.45) is 0 Å². The predicted octanol–water partition coefficient (Wildman–Crippen LogP) is 2.25. The van der Waals surface area contributed by atoms with Crippen molar-refractivity contribution in [3.8, 4) is 0 Å². The second-order valence-corrected chi connectivity index (χ2v) is 4.52. The average Bonchev–Trinajstić information content (AvgIpc) is 2.44. The van der Waals surface area contributed by atoms with Gasteiger partial charge in [-0.05, 0) is 19.4 Å². The molecule has 1 aromatic rings. The molecule has 0 spiro atoms. The largest absolute Gasteiger partial charge is 0.461 e. The third-order valence-electron chi connectivity index (χ3n) is 2.98. The Balaban J connectivity index is 3.34. The van der Waals surface area contributed by atoms with Gasteiger partial charge < -0.3 is 4.74 Å². The van der Waals surface area contributed by atoms with E-state index in [-0.39, 0.29) is 12.2 Å². The number of esters is 1. The summed E-state index contributed by atoms with van der Waals surface area (Å²) in [4.78, 5) is 32.9. The summed E-state index contributed by atoms with van der Waals surface area (Å²) in [6, 6.07) is 7.61. The van der Waals surface area contributed by atoms with Gasteiger partial charge in [-0.2, -0.15) is 4.39 Å². The smallest absolute Gasteiger partial charge is 0.458 e. The molecule has 6 nitrogen and oxygen atoms in total. The van der Waals surface area contributed by atoms with E-state index in [0.717, 1.165) is 0 Å².